The minimum Gasteiger partial charge on any atom is -0.478 e. The number of fused-ring (bicyclic) bond motifs is 4. The Bertz CT molecular complexity index is 1380. The summed E-state index contributed by atoms with van der Waals surface area (Å²) in [7, 11) is 2.17. The maximum atomic E-state index is 13.2. The fourth-order valence-corrected chi connectivity index (χ4v) is 5.11. The lowest BCUT2D eigenvalue weighted by atomic mass is 10.0. The zero-order chi connectivity index (χ0) is 25.8. The van der Waals surface area contributed by atoms with Crippen LogP contribution in [0.25, 0.3) is 21.5 Å². The van der Waals surface area contributed by atoms with Crippen LogP contribution in [-0.2, 0) is 14.3 Å². The zero-order valence-corrected chi connectivity index (χ0v) is 19.8. The number of piperidine rings is 1. The Morgan fingerprint density at radius 1 is 0.861 bits per heavy atom. The Balaban J connectivity index is 0.000000331. The van der Waals surface area contributed by atoms with Crippen LogP contribution in [0.5, 0.6) is 0 Å². The quantitative estimate of drug-likeness (QED) is 0.419. The highest BCUT2D eigenvalue weighted by molar-refractivity contribution is 6.08. The van der Waals surface area contributed by atoms with E-state index in [2.05, 4.69) is 11.9 Å². The molecule has 186 valence electrons. The minimum absolute atomic E-state index is 0.0524. The van der Waals surface area contributed by atoms with Gasteiger partial charge in [-0.15, -0.1) is 0 Å². The second kappa shape index (κ2) is 10.7. The maximum Gasteiger partial charge on any atom is 0.339 e. The lowest BCUT2D eigenvalue weighted by Gasteiger charge is -2.35. The molecule has 3 aromatic carbocycles. The number of rotatable bonds is 4. The first-order valence-corrected chi connectivity index (χ1v) is 11.8. The van der Waals surface area contributed by atoms with Gasteiger partial charge in [-0.25, -0.2) is 14.4 Å². The molecule has 2 aliphatic rings. The Kier molecular flexibility index (Phi) is 7.45. The lowest BCUT2D eigenvalue weighted by Crippen LogP contribution is -2.43. The Hall–Kier alpha value is -4.04. The number of carbonyl (C=O) groups is 3. The molecular weight excluding hydrogens is 462 g/mol. The summed E-state index contributed by atoms with van der Waals surface area (Å²) in [6.07, 6.45) is 5.21. The van der Waals surface area contributed by atoms with Crippen molar-refractivity contribution < 1.29 is 29.3 Å². The van der Waals surface area contributed by atoms with E-state index in [9.17, 15) is 19.2 Å². The summed E-state index contributed by atoms with van der Waals surface area (Å²) in [5.74, 6) is -2.84. The average Bonchev–Trinajstić information content (AvgIpc) is 3.01. The van der Waals surface area contributed by atoms with E-state index in [1.807, 2.05) is 48.5 Å². The molecule has 2 saturated heterocycles. The number of hydrogen-bond acceptors (Lipinski definition) is 6. The lowest BCUT2D eigenvalue weighted by molar-refractivity contribution is -0.134. The number of benzene rings is 2. The Morgan fingerprint density at radius 2 is 1.39 bits per heavy atom. The molecule has 2 aliphatic heterocycles. The van der Waals surface area contributed by atoms with Crippen molar-refractivity contribution in [3.05, 3.63) is 82.5 Å². The first-order chi connectivity index (χ1) is 17.2. The molecule has 8 nitrogen and oxygen atoms in total. The van der Waals surface area contributed by atoms with E-state index >= 15 is 0 Å². The number of hydrogen-bond donors (Lipinski definition) is 2. The predicted molar refractivity (Wildman–Crippen MR) is 135 cm³/mol. The van der Waals surface area contributed by atoms with E-state index in [0.717, 1.165) is 18.2 Å². The molecule has 0 aromatic heterocycles. The van der Waals surface area contributed by atoms with Gasteiger partial charge in [-0.05, 0) is 31.3 Å². The molecule has 5 rings (SSSR count). The van der Waals surface area contributed by atoms with E-state index < -0.39 is 11.9 Å². The molecule has 2 heterocycles. The summed E-state index contributed by atoms with van der Waals surface area (Å²) in [5, 5.41) is 18.2. The van der Waals surface area contributed by atoms with Crippen molar-refractivity contribution in [3.8, 4) is 0 Å². The monoisotopic (exact) mass is 489 g/mol. The average molecular weight is 490 g/mol. The summed E-state index contributed by atoms with van der Waals surface area (Å²) in [5.41, 5.74) is 0.419. The summed E-state index contributed by atoms with van der Waals surface area (Å²) < 4.78 is 5.98. The van der Waals surface area contributed by atoms with Crippen LogP contribution in [-0.4, -0.2) is 58.3 Å². The predicted octanol–water partition coefficient (Wildman–Crippen LogP) is 3.85. The van der Waals surface area contributed by atoms with Gasteiger partial charge in [0, 0.05) is 53.2 Å². The number of aliphatic carboxylic acids is 2. The van der Waals surface area contributed by atoms with Crippen LogP contribution in [0, 0.1) is 0 Å². The number of carbonyl (C=O) groups excluding carboxylic acids is 1. The molecule has 0 radical (unpaired) electrons. The van der Waals surface area contributed by atoms with Gasteiger partial charge in [-0.1, -0.05) is 48.5 Å². The van der Waals surface area contributed by atoms with Crippen LogP contribution >= 0.6 is 0 Å². The van der Waals surface area contributed by atoms with Gasteiger partial charge >= 0.3 is 17.9 Å². The molecule has 0 aliphatic carbocycles. The number of esters is 1. The summed E-state index contributed by atoms with van der Waals surface area (Å²) >= 11 is 0. The molecule has 2 unspecified atom stereocenters. The smallest absolute Gasteiger partial charge is 0.339 e. The van der Waals surface area contributed by atoms with Gasteiger partial charge in [0.15, 0.2) is 5.43 Å². The SMILES string of the molecule is CN1C2CCC1CC(OC(=O)c1cc3ccccc3c(=O)c3ccccc13)C2.O=C(O)/C=C/C(=O)O. The van der Waals surface area contributed by atoms with Crippen molar-refractivity contribution in [3.63, 3.8) is 0 Å². The second-order valence-corrected chi connectivity index (χ2v) is 9.08. The number of nitrogens with zero attached hydrogens (tertiary/aromatic N) is 1. The van der Waals surface area contributed by atoms with Gasteiger partial charge in [0.1, 0.15) is 6.10 Å². The summed E-state index contributed by atoms with van der Waals surface area (Å²) in [4.78, 5) is 47.8. The molecule has 2 atom stereocenters. The Labute approximate surface area is 207 Å². The van der Waals surface area contributed by atoms with Gasteiger partial charge in [-0.2, -0.15) is 0 Å². The van der Waals surface area contributed by atoms with Crippen molar-refractivity contribution in [2.24, 2.45) is 0 Å². The van der Waals surface area contributed by atoms with Crippen molar-refractivity contribution in [2.45, 2.75) is 43.9 Å². The molecular formula is C28H27NO7. The highest BCUT2D eigenvalue weighted by atomic mass is 16.5. The van der Waals surface area contributed by atoms with Crippen molar-refractivity contribution in [2.75, 3.05) is 7.05 Å². The van der Waals surface area contributed by atoms with Gasteiger partial charge < -0.3 is 19.8 Å². The number of carboxylic acid groups (broad SMARTS) is 2. The summed E-state index contributed by atoms with van der Waals surface area (Å²) in [6, 6.07) is 17.6. The van der Waals surface area contributed by atoms with Gasteiger partial charge in [0.25, 0.3) is 0 Å². The standard InChI is InChI=1S/C24H23NO3.C4H4O4/c1-25-16-10-11-17(25)14-18(13-16)28-24(27)22-12-15-6-2-3-7-19(15)23(26)21-9-5-4-8-20(21)22;5-3(6)1-2-4(7)8/h2-9,12,16-18H,10-11,13-14H2,1H3;1-2H,(H,5,6)(H,7,8)/b;2-1+. The molecule has 0 saturated carbocycles. The normalized spacial score (nSPS) is 21.2. The Morgan fingerprint density at radius 3 is 1.97 bits per heavy atom. The van der Waals surface area contributed by atoms with Crippen LogP contribution in [0.3, 0.4) is 0 Å². The molecule has 2 fully saturated rings. The fourth-order valence-electron chi connectivity index (χ4n) is 5.11. The van der Waals surface area contributed by atoms with E-state index in [-0.39, 0.29) is 17.5 Å². The van der Waals surface area contributed by atoms with E-state index in [1.165, 1.54) is 12.8 Å². The van der Waals surface area contributed by atoms with Gasteiger partial charge in [0.05, 0.1) is 5.56 Å². The number of ether oxygens (including phenoxy) is 1. The largest absolute Gasteiger partial charge is 0.478 e. The van der Waals surface area contributed by atoms with Gasteiger partial charge in [0.2, 0.25) is 0 Å². The first-order valence-electron chi connectivity index (χ1n) is 11.8. The van der Waals surface area contributed by atoms with Crippen LogP contribution in [0.15, 0.2) is 71.5 Å². The van der Waals surface area contributed by atoms with Crippen molar-refractivity contribution in [1.29, 1.82) is 0 Å². The third-order valence-corrected chi connectivity index (χ3v) is 6.88. The molecule has 2 bridgehead atoms. The third-order valence-electron chi connectivity index (χ3n) is 6.88. The molecule has 36 heavy (non-hydrogen) atoms. The highest BCUT2D eigenvalue weighted by Gasteiger charge is 2.40. The van der Waals surface area contributed by atoms with Crippen molar-refractivity contribution >= 4 is 39.5 Å². The molecule has 0 spiro atoms. The molecule has 8 heteroatoms. The van der Waals surface area contributed by atoms with Crippen LogP contribution < -0.4 is 5.43 Å². The van der Waals surface area contributed by atoms with Crippen molar-refractivity contribution in [1.82, 2.24) is 4.90 Å². The topological polar surface area (TPSA) is 121 Å². The van der Waals surface area contributed by atoms with E-state index in [1.54, 1.807) is 6.07 Å². The first kappa shape index (κ1) is 25.1. The summed E-state index contributed by atoms with van der Waals surface area (Å²) in [6.45, 7) is 0. The third kappa shape index (κ3) is 5.44. The van der Waals surface area contributed by atoms with Crippen LogP contribution in [0.4, 0.5) is 0 Å². The fraction of sp³-hybridized carbons (Fsp3) is 0.286. The van der Waals surface area contributed by atoms with Gasteiger partial charge in [-0.3, -0.25) is 4.79 Å². The molecule has 2 N–H and O–H groups in total. The van der Waals surface area contributed by atoms with Crippen LogP contribution in [0.1, 0.15) is 36.0 Å². The highest BCUT2D eigenvalue weighted by Crippen LogP contribution is 2.36. The zero-order valence-electron chi connectivity index (χ0n) is 19.8. The van der Waals surface area contributed by atoms with E-state index in [4.69, 9.17) is 14.9 Å². The minimum atomic E-state index is -1.26. The molecule has 3 aromatic rings. The van der Waals surface area contributed by atoms with E-state index in [0.29, 0.717) is 46.0 Å². The molecule has 0 amide bonds. The second-order valence-electron chi connectivity index (χ2n) is 9.08. The number of carboxylic acids is 2. The van der Waals surface area contributed by atoms with Crippen LogP contribution in [0.2, 0.25) is 0 Å². The maximum absolute atomic E-state index is 13.2.